The van der Waals surface area contributed by atoms with Gasteiger partial charge in [0.05, 0.1) is 30.0 Å². The molecule has 10 heteroatoms. The van der Waals surface area contributed by atoms with Gasteiger partial charge in [0, 0.05) is 43.6 Å². The summed E-state index contributed by atoms with van der Waals surface area (Å²) in [5, 5.41) is 21.8. The number of likely N-dealkylation sites (tertiary alicyclic amines) is 1. The van der Waals surface area contributed by atoms with E-state index in [9.17, 15) is 19.6 Å². The zero-order chi connectivity index (χ0) is 25.2. The standard InChI is InChI=1S/C26H25N5O5/c1-14(33)28-9-22-21-7-17-6-15(2-4-20(17)31(21)25(35)36-22)16-3-5-23(29-8-16)26(13-27)18-10-30(11-19(18)26)24(34)12-32/h2-6,8,18-19,21-22,32H,7,9-12H2,1H3,(H,28,33)/t18-,19+,21-,22-,26?/m0/s1. The summed E-state index contributed by atoms with van der Waals surface area (Å²) in [4.78, 5) is 43.5. The van der Waals surface area contributed by atoms with Gasteiger partial charge in [0.25, 0.3) is 0 Å². The Balaban J connectivity index is 1.20. The van der Waals surface area contributed by atoms with Crippen LogP contribution in [-0.2, 0) is 26.2 Å². The molecule has 2 N–H and O–H groups in total. The molecule has 2 aromatic rings. The Kier molecular flexibility index (Phi) is 5.02. The quantitative estimate of drug-likeness (QED) is 0.642. The van der Waals surface area contributed by atoms with E-state index in [4.69, 9.17) is 9.84 Å². The molecule has 1 saturated carbocycles. The van der Waals surface area contributed by atoms with Gasteiger partial charge >= 0.3 is 6.09 Å². The zero-order valence-corrected chi connectivity index (χ0v) is 19.7. The number of hydrogen-bond donors (Lipinski definition) is 2. The number of fused-ring (bicyclic) bond motifs is 4. The van der Waals surface area contributed by atoms with Crippen LogP contribution >= 0.6 is 0 Å². The van der Waals surface area contributed by atoms with Gasteiger partial charge in [0.1, 0.15) is 18.1 Å². The SMILES string of the molecule is CC(=O)NC[C@@H]1OC(=O)N2c3ccc(-c4ccc(C5(C#N)[C@@H]6CN(C(=O)CO)C[C@@H]65)nc4)cc3C[C@@H]12. The fraction of sp³-hybridized carbons (Fsp3) is 0.423. The first-order chi connectivity index (χ1) is 17.4. The smallest absolute Gasteiger partial charge is 0.415 e. The fourth-order valence-corrected chi connectivity index (χ4v) is 6.22. The van der Waals surface area contributed by atoms with Crippen molar-refractivity contribution in [2.75, 3.05) is 31.1 Å². The monoisotopic (exact) mass is 487 g/mol. The van der Waals surface area contributed by atoms with Crippen LogP contribution in [0.4, 0.5) is 10.5 Å². The number of aromatic nitrogens is 1. The van der Waals surface area contributed by atoms with Crippen LogP contribution in [0, 0.1) is 23.2 Å². The summed E-state index contributed by atoms with van der Waals surface area (Å²) < 4.78 is 5.47. The second kappa shape index (κ2) is 8.03. The number of ether oxygens (including phenoxy) is 1. The molecule has 5 atom stereocenters. The average molecular weight is 488 g/mol. The number of rotatable bonds is 5. The molecule has 184 valence electrons. The number of piperidine rings is 1. The number of pyridine rings is 1. The molecule has 3 amide bonds. The minimum Gasteiger partial charge on any atom is -0.442 e. The van der Waals surface area contributed by atoms with Crippen molar-refractivity contribution in [1.82, 2.24) is 15.2 Å². The summed E-state index contributed by atoms with van der Waals surface area (Å²) >= 11 is 0. The highest BCUT2D eigenvalue weighted by Crippen LogP contribution is 2.62. The van der Waals surface area contributed by atoms with Gasteiger partial charge in [-0.2, -0.15) is 5.26 Å². The van der Waals surface area contributed by atoms with Crippen molar-refractivity contribution in [3.05, 3.63) is 47.8 Å². The Hall–Kier alpha value is -3.97. The van der Waals surface area contributed by atoms with E-state index in [1.54, 1.807) is 16.0 Å². The first kappa shape index (κ1) is 22.5. The third-order valence-electron chi connectivity index (χ3n) is 8.10. The number of carbonyl (C=O) groups excluding carboxylic acids is 3. The minimum atomic E-state index is -0.684. The first-order valence-corrected chi connectivity index (χ1v) is 12.0. The summed E-state index contributed by atoms with van der Waals surface area (Å²) in [5.41, 5.74) is 3.75. The molecule has 10 nitrogen and oxygen atoms in total. The maximum Gasteiger partial charge on any atom is 0.415 e. The largest absolute Gasteiger partial charge is 0.442 e. The molecule has 36 heavy (non-hydrogen) atoms. The number of nitrogens with zero attached hydrogens (tertiary/aromatic N) is 4. The average Bonchev–Trinajstić information content (AvgIpc) is 3.26. The summed E-state index contributed by atoms with van der Waals surface area (Å²) in [5.74, 6) is -0.392. The highest BCUT2D eigenvalue weighted by atomic mass is 16.6. The summed E-state index contributed by atoms with van der Waals surface area (Å²) in [7, 11) is 0. The molecule has 6 rings (SSSR count). The van der Waals surface area contributed by atoms with Crippen LogP contribution in [-0.4, -0.2) is 71.3 Å². The summed E-state index contributed by atoms with van der Waals surface area (Å²) in [6.45, 7) is 2.14. The van der Waals surface area contributed by atoms with Crippen molar-refractivity contribution in [2.24, 2.45) is 11.8 Å². The fourth-order valence-electron chi connectivity index (χ4n) is 6.22. The predicted molar refractivity (Wildman–Crippen MR) is 127 cm³/mol. The van der Waals surface area contributed by atoms with Gasteiger partial charge < -0.3 is 20.1 Å². The van der Waals surface area contributed by atoms with E-state index in [1.165, 1.54) is 6.92 Å². The van der Waals surface area contributed by atoms with E-state index in [2.05, 4.69) is 22.4 Å². The third kappa shape index (κ3) is 3.19. The van der Waals surface area contributed by atoms with Crippen LogP contribution in [0.1, 0.15) is 18.2 Å². The van der Waals surface area contributed by atoms with Crippen LogP contribution in [0.25, 0.3) is 11.1 Å². The summed E-state index contributed by atoms with van der Waals surface area (Å²) in [6, 6.07) is 12.0. The van der Waals surface area contributed by atoms with Crippen molar-refractivity contribution in [2.45, 2.75) is 30.9 Å². The molecule has 1 aliphatic carbocycles. The van der Waals surface area contributed by atoms with E-state index >= 15 is 0 Å². The van der Waals surface area contributed by atoms with E-state index < -0.39 is 24.2 Å². The molecule has 3 aliphatic heterocycles. The van der Waals surface area contributed by atoms with Gasteiger partial charge in [-0.1, -0.05) is 12.1 Å². The van der Waals surface area contributed by atoms with E-state index in [0.717, 1.165) is 22.4 Å². The second-order valence-corrected chi connectivity index (χ2v) is 9.93. The lowest BCUT2D eigenvalue weighted by molar-refractivity contribution is -0.133. The second-order valence-electron chi connectivity index (χ2n) is 9.93. The van der Waals surface area contributed by atoms with Gasteiger partial charge in [-0.3, -0.25) is 19.5 Å². The Morgan fingerprint density at radius 1 is 1.25 bits per heavy atom. The molecule has 3 fully saturated rings. The number of nitriles is 1. The highest BCUT2D eigenvalue weighted by molar-refractivity contribution is 5.94. The molecule has 2 saturated heterocycles. The molecule has 0 bridgehead atoms. The molecule has 1 aromatic carbocycles. The topological polar surface area (TPSA) is 136 Å². The molecule has 1 unspecified atom stereocenters. The molecule has 0 spiro atoms. The van der Waals surface area contributed by atoms with E-state index in [0.29, 0.717) is 25.2 Å². The van der Waals surface area contributed by atoms with Crippen molar-refractivity contribution in [1.29, 1.82) is 5.26 Å². The molecular weight excluding hydrogens is 462 g/mol. The normalized spacial score (nSPS) is 29.2. The van der Waals surface area contributed by atoms with Gasteiger partial charge in [-0.25, -0.2) is 4.79 Å². The minimum absolute atomic E-state index is 0.0370. The molecule has 4 aliphatic rings. The van der Waals surface area contributed by atoms with Gasteiger partial charge in [0.2, 0.25) is 11.8 Å². The van der Waals surface area contributed by atoms with Gasteiger partial charge in [-0.15, -0.1) is 0 Å². The Morgan fingerprint density at radius 2 is 2.00 bits per heavy atom. The number of hydrogen-bond acceptors (Lipinski definition) is 7. The number of aliphatic hydroxyl groups is 1. The highest BCUT2D eigenvalue weighted by Gasteiger charge is 2.71. The van der Waals surface area contributed by atoms with Gasteiger partial charge in [0.15, 0.2) is 0 Å². The lowest BCUT2D eigenvalue weighted by Crippen LogP contribution is -2.40. The molecule has 4 heterocycles. The van der Waals surface area contributed by atoms with E-state index in [1.807, 2.05) is 24.3 Å². The number of cyclic esters (lactones) is 1. The predicted octanol–water partition coefficient (Wildman–Crippen LogP) is 0.976. The number of carbonyl (C=O) groups is 3. The van der Waals surface area contributed by atoms with Gasteiger partial charge in [-0.05, 0) is 35.7 Å². The first-order valence-electron chi connectivity index (χ1n) is 12.0. The Morgan fingerprint density at radius 3 is 2.64 bits per heavy atom. The maximum atomic E-state index is 12.5. The summed E-state index contributed by atoms with van der Waals surface area (Å²) in [6.07, 6.45) is 1.60. The van der Waals surface area contributed by atoms with Crippen molar-refractivity contribution in [3.8, 4) is 17.2 Å². The van der Waals surface area contributed by atoms with Crippen LogP contribution in [0.3, 0.4) is 0 Å². The lowest BCUT2D eigenvalue weighted by Gasteiger charge is -2.22. The number of aliphatic hydroxyl groups excluding tert-OH is 1. The Bertz CT molecular complexity index is 1310. The Labute approximate surface area is 207 Å². The van der Waals surface area contributed by atoms with Crippen LogP contribution in [0.2, 0.25) is 0 Å². The number of nitrogens with one attached hydrogen (secondary N) is 1. The maximum absolute atomic E-state index is 12.5. The van der Waals surface area contributed by atoms with Crippen LogP contribution in [0.5, 0.6) is 0 Å². The van der Waals surface area contributed by atoms with Crippen molar-refractivity contribution >= 4 is 23.6 Å². The number of amides is 3. The molecule has 0 radical (unpaired) electrons. The van der Waals surface area contributed by atoms with Crippen molar-refractivity contribution < 1.29 is 24.2 Å². The third-order valence-corrected chi connectivity index (χ3v) is 8.10. The molecular formula is C26H25N5O5. The lowest BCUT2D eigenvalue weighted by atomic mass is 9.95. The molecule has 1 aromatic heterocycles. The van der Waals surface area contributed by atoms with Crippen LogP contribution in [0.15, 0.2) is 36.5 Å². The van der Waals surface area contributed by atoms with Crippen LogP contribution < -0.4 is 10.2 Å². The number of benzene rings is 1. The van der Waals surface area contributed by atoms with Crippen molar-refractivity contribution in [3.63, 3.8) is 0 Å². The van der Waals surface area contributed by atoms with E-state index in [-0.39, 0.29) is 36.2 Å². The zero-order valence-electron chi connectivity index (χ0n) is 19.7. The number of anilines is 1.